The summed E-state index contributed by atoms with van der Waals surface area (Å²) in [5.74, 6) is 1.45. The van der Waals surface area contributed by atoms with Crippen LogP contribution in [0, 0.1) is 5.92 Å². The monoisotopic (exact) mass is 325 g/mol. The lowest BCUT2D eigenvalue weighted by Crippen LogP contribution is -2.25. The van der Waals surface area contributed by atoms with E-state index in [1.807, 2.05) is 29.1 Å². The number of nitrogens with zero attached hydrogens (tertiary/aromatic N) is 2. The van der Waals surface area contributed by atoms with Gasteiger partial charge in [-0.2, -0.15) is 5.10 Å². The summed E-state index contributed by atoms with van der Waals surface area (Å²) < 4.78 is 13.9. The molecule has 3 aromatic rings. The smallest absolute Gasteiger partial charge is 0.134 e. The van der Waals surface area contributed by atoms with Crippen LogP contribution in [0.4, 0.5) is 0 Å². The Labute approximate surface area is 141 Å². The number of ether oxygens (including phenoxy) is 1. The van der Waals surface area contributed by atoms with E-state index in [1.165, 1.54) is 5.69 Å². The minimum atomic E-state index is 0.135. The van der Waals surface area contributed by atoms with Gasteiger partial charge in [-0.05, 0) is 31.5 Å². The second-order valence-electron chi connectivity index (χ2n) is 6.29. The van der Waals surface area contributed by atoms with Gasteiger partial charge in [0.25, 0.3) is 0 Å². The first kappa shape index (κ1) is 15.4. The highest BCUT2D eigenvalue weighted by Gasteiger charge is 2.31. The number of para-hydroxylation sites is 1. The number of aromatic nitrogens is 2. The van der Waals surface area contributed by atoms with E-state index in [2.05, 4.69) is 35.5 Å². The molecule has 1 fully saturated rings. The SMILES string of the molecule is CCn1nccc1[C@@H]1OCC[C@H]1CNCc1cc2ccccc2o1. The number of rotatable bonds is 6. The summed E-state index contributed by atoms with van der Waals surface area (Å²) in [4.78, 5) is 0. The minimum absolute atomic E-state index is 0.135. The summed E-state index contributed by atoms with van der Waals surface area (Å²) in [6, 6.07) is 12.3. The van der Waals surface area contributed by atoms with Gasteiger partial charge in [0.1, 0.15) is 17.4 Å². The van der Waals surface area contributed by atoms with Crippen LogP contribution in [0.3, 0.4) is 0 Å². The molecular formula is C19H23N3O2. The standard InChI is InChI=1S/C19H23N3O2/c1-2-22-17(7-9-21-22)19-15(8-10-23-19)12-20-13-16-11-14-5-3-4-6-18(14)24-16/h3-7,9,11,15,19-20H,2,8,10,12-13H2,1H3/t15-,19+/m0/s1. The molecule has 0 aliphatic carbocycles. The summed E-state index contributed by atoms with van der Waals surface area (Å²) in [6.07, 6.45) is 3.07. The fourth-order valence-corrected chi connectivity index (χ4v) is 3.52. The second kappa shape index (κ2) is 6.79. The van der Waals surface area contributed by atoms with Gasteiger partial charge in [0.2, 0.25) is 0 Å². The Hall–Kier alpha value is -2.11. The molecule has 0 spiro atoms. The lowest BCUT2D eigenvalue weighted by molar-refractivity contribution is 0.0829. The lowest BCUT2D eigenvalue weighted by atomic mass is 9.99. The van der Waals surface area contributed by atoms with E-state index < -0.39 is 0 Å². The second-order valence-corrected chi connectivity index (χ2v) is 6.29. The van der Waals surface area contributed by atoms with Gasteiger partial charge in [-0.1, -0.05) is 18.2 Å². The number of hydrogen-bond donors (Lipinski definition) is 1. The van der Waals surface area contributed by atoms with Gasteiger partial charge >= 0.3 is 0 Å². The van der Waals surface area contributed by atoms with Crippen LogP contribution in [0.2, 0.25) is 0 Å². The third-order valence-electron chi connectivity index (χ3n) is 4.74. The Balaban J connectivity index is 1.38. The first-order valence-corrected chi connectivity index (χ1v) is 8.66. The fourth-order valence-electron chi connectivity index (χ4n) is 3.52. The summed E-state index contributed by atoms with van der Waals surface area (Å²) in [5.41, 5.74) is 2.13. The number of aryl methyl sites for hydroxylation is 1. The Morgan fingerprint density at radius 3 is 3.08 bits per heavy atom. The number of fused-ring (bicyclic) bond motifs is 1. The molecule has 1 N–H and O–H groups in total. The Bertz CT molecular complexity index is 775. The van der Waals surface area contributed by atoms with E-state index in [1.54, 1.807) is 0 Å². The zero-order valence-corrected chi connectivity index (χ0v) is 13.9. The van der Waals surface area contributed by atoms with Crippen LogP contribution in [0.1, 0.15) is 30.9 Å². The molecule has 2 aromatic heterocycles. The summed E-state index contributed by atoms with van der Waals surface area (Å²) in [7, 11) is 0. The Morgan fingerprint density at radius 1 is 1.29 bits per heavy atom. The van der Waals surface area contributed by atoms with Crippen LogP contribution in [0.5, 0.6) is 0 Å². The summed E-state index contributed by atoms with van der Waals surface area (Å²) >= 11 is 0. The molecule has 24 heavy (non-hydrogen) atoms. The molecule has 1 aliphatic rings. The van der Waals surface area contributed by atoms with Gasteiger partial charge in [0, 0.05) is 37.2 Å². The maximum Gasteiger partial charge on any atom is 0.134 e. The van der Waals surface area contributed by atoms with E-state index in [4.69, 9.17) is 9.15 Å². The predicted octanol–water partition coefficient (Wildman–Crippen LogP) is 3.52. The topological polar surface area (TPSA) is 52.2 Å². The van der Waals surface area contributed by atoms with Crippen LogP contribution in [-0.2, 0) is 17.8 Å². The average molecular weight is 325 g/mol. The third-order valence-corrected chi connectivity index (χ3v) is 4.74. The normalized spacial score (nSPS) is 20.9. The van der Waals surface area contributed by atoms with E-state index in [-0.39, 0.29) is 6.10 Å². The number of hydrogen-bond acceptors (Lipinski definition) is 4. The van der Waals surface area contributed by atoms with Crippen molar-refractivity contribution in [2.45, 2.75) is 32.5 Å². The number of furan rings is 1. The van der Waals surface area contributed by atoms with Gasteiger partial charge in [-0.15, -0.1) is 0 Å². The van der Waals surface area contributed by atoms with Crippen molar-refractivity contribution in [2.75, 3.05) is 13.2 Å². The highest BCUT2D eigenvalue weighted by atomic mass is 16.5. The van der Waals surface area contributed by atoms with Crippen LogP contribution in [0.25, 0.3) is 11.0 Å². The first-order chi connectivity index (χ1) is 11.8. The highest BCUT2D eigenvalue weighted by Crippen LogP contribution is 2.34. The van der Waals surface area contributed by atoms with Gasteiger partial charge < -0.3 is 14.5 Å². The molecule has 5 nitrogen and oxygen atoms in total. The number of nitrogens with one attached hydrogen (secondary N) is 1. The quantitative estimate of drug-likeness (QED) is 0.753. The van der Waals surface area contributed by atoms with Crippen LogP contribution >= 0.6 is 0 Å². The van der Waals surface area contributed by atoms with Crippen LogP contribution < -0.4 is 5.32 Å². The molecular weight excluding hydrogens is 302 g/mol. The Kier molecular flexibility index (Phi) is 4.36. The molecule has 0 radical (unpaired) electrons. The minimum Gasteiger partial charge on any atom is -0.460 e. The van der Waals surface area contributed by atoms with Gasteiger partial charge in [0.05, 0.1) is 12.2 Å². The molecule has 0 saturated carbocycles. The fraction of sp³-hybridized carbons (Fsp3) is 0.421. The summed E-state index contributed by atoms with van der Waals surface area (Å²) in [5, 5.41) is 9.05. The summed E-state index contributed by atoms with van der Waals surface area (Å²) in [6.45, 7) is 5.46. The maximum absolute atomic E-state index is 5.98. The van der Waals surface area contributed by atoms with Gasteiger partial charge in [-0.25, -0.2) is 0 Å². The van der Waals surface area contributed by atoms with Crippen molar-refractivity contribution in [3.8, 4) is 0 Å². The molecule has 1 saturated heterocycles. The number of benzene rings is 1. The highest BCUT2D eigenvalue weighted by molar-refractivity contribution is 5.77. The van der Waals surface area contributed by atoms with E-state index in [9.17, 15) is 0 Å². The molecule has 3 heterocycles. The third kappa shape index (κ3) is 2.97. The van der Waals surface area contributed by atoms with Gasteiger partial charge in [-0.3, -0.25) is 4.68 Å². The molecule has 0 amide bonds. The van der Waals surface area contributed by atoms with Crippen molar-refractivity contribution < 1.29 is 9.15 Å². The van der Waals surface area contributed by atoms with E-state index >= 15 is 0 Å². The molecule has 5 heteroatoms. The lowest BCUT2D eigenvalue weighted by Gasteiger charge is -2.19. The molecule has 126 valence electrons. The molecule has 0 unspecified atom stereocenters. The maximum atomic E-state index is 5.98. The van der Waals surface area contributed by atoms with Crippen LogP contribution in [0.15, 0.2) is 47.0 Å². The molecule has 0 bridgehead atoms. The molecule has 2 atom stereocenters. The van der Waals surface area contributed by atoms with Gasteiger partial charge in [0.15, 0.2) is 0 Å². The average Bonchev–Trinajstić information content (AvgIpc) is 3.32. The van der Waals surface area contributed by atoms with Crippen molar-refractivity contribution in [1.82, 2.24) is 15.1 Å². The van der Waals surface area contributed by atoms with Crippen molar-refractivity contribution in [3.05, 3.63) is 54.0 Å². The van der Waals surface area contributed by atoms with E-state index in [0.717, 1.165) is 49.4 Å². The van der Waals surface area contributed by atoms with Crippen molar-refractivity contribution >= 4 is 11.0 Å². The largest absolute Gasteiger partial charge is 0.460 e. The van der Waals surface area contributed by atoms with Crippen molar-refractivity contribution in [2.24, 2.45) is 5.92 Å². The van der Waals surface area contributed by atoms with Crippen LogP contribution in [-0.4, -0.2) is 22.9 Å². The Morgan fingerprint density at radius 2 is 2.21 bits per heavy atom. The van der Waals surface area contributed by atoms with Crippen molar-refractivity contribution in [1.29, 1.82) is 0 Å². The van der Waals surface area contributed by atoms with Crippen molar-refractivity contribution in [3.63, 3.8) is 0 Å². The molecule has 1 aliphatic heterocycles. The molecule has 1 aromatic carbocycles. The predicted molar refractivity (Wildman–Crippen MR) is 92.6 cm³/mol. The zero-order valence-electron chi connectivity index (χ0n) is 13.9. The first-order valence-electron chi connectivity index (χ1n) is 8.66. The molecule has 4 rings (SSSR count). The van der Waals surface area contributed by atoms with E-state index in [0.29, 0.717) is 5.92 Å². The zero-order chi connectivity index (χ0) is 16.4.